The summed E-state index contributed by atoms with van der Waals surface area (Å²) in [4.78, 5) is 22.2. The summed E-state index contributed by atoms with van der Waals surface area (Å²) in [6.45, 7) is 4.13. The number of carbonyl (C=O) groups is 1. The van der Waals surface area contributed by atoms with E-state index in [4.69, 9.17) is 4.74 Å². The molecule has 1 saturated heterocycles. The second-order valence-electron chi connectivity index (χ2n) is 6.13. The minimum Gasteiger partial charge on any atom is -0.373 e. The zero-order valence-electron chi connectivity index (χ0n) is 13.1. The van der Waals surface area contributed by atoms with Gasteiger partial charge in [0, 0.05) is 44.4 Å². The highest BCUT2D eigenvalue weighted by Crippen LogP contribution is 2.32. The van der Waals surface area contributed by atoms with E-state index in [-0.39, 0.29) is 12.0 Å². The van der Waals surface area contributed by atoms with Crippen molar-refractivity contribution in [2.24, 2.45) is 0 Å². The molecule has 0 radical (unpaired) electrons. The van der Waals surface area contributed by atoms with Gasteiger partial charge in [-0.3, -0.25) is 4.79 Å². The summed E-state index contributed by atoms with van der Waals surface area (Å²) in [5.74, 6) is 1.35. The van der Waals surface area contributed by atoms with Gasteiger partial charge in [0.25, 0.3) is 0 Å². The van der Waals surface area contributed by atoms with Crippen molar-refractivity contribution in [2.75, 3.05) is 31.6 Å². The molecular weight excluding hydrogens is 280 g/mol. The van der Waals surface area contributed by atoms with Crippen LogP contribution in [0, 0.1) is 0 Å². The Hall–Kier alpha value is -1.69. The largest absolute Gasteiger partial charge is 0.373 e. The van der Waals surface area contributed by atoms with Crippen LogP contribution in [-0.2, 0) is 9.53 Å². The lowest BCUT2D eigenvalue weighted by molar-refractivity contribution is -0.135. The fraction of sp³-hybridized carbons (Fsp3) is 0.688. The normalized spacial score (nSPS) is 22.8. The highest BCUT2D eigenvalue weighted by Gasteiger charge is 2.22. The quantitative estimate of drug-likeness (QED) is 0.918. The van der Waals surface area contributed by atoms with Gasteiger partial charge < -0.3 is 15.0 Å². The van der Waals surface area contributed by atoms with Gasteiger partial charge in [0.2, 0.25) is 11.9 Å². The predicted octanol–water partition coefficient (Wildman–Crippen LogP) is 1.79. The first-order chi connectivity index (χ1) is 10.7. The third-order valence-corrected chi connectivity index (χ3v) is 4.52. The molecule has 1 amide bonds. The van der Waals surface area contributed by atoms with Gasteiger partial charge in [-0.1, -0.05) is 12.8 Å². The lowest BCUT2D eigenvalue weighted by Gasteiger charge is -2.32. The van der Waals surface area contributed by atoms with Crippen LogP contribution in [0.5, 0.6) is 0 Å². The van der Waals surface area contributed by atoms with Crippen LogP contribution in [0.1, 0.15) is 44.2 Å². The van der Waals surface area contributed by atoms with Crippen LogP contribution in [0.15, 0.2) is 12.3 Å². The van der Waals surface area contributed by atoms with E-state index in [2.05, 4.69) is 15.3 Å². The minimum atomic E-state index is -0.00335. The second kappa shape index (κ2) is 7.05. The maximum atomic E-state index is 11.4. The van der Waals surface area contributed by atoms with E-state index < -0.39 is 0 Å². The number of aromatic nitrogens is 2. The predicted molar refractivity (Wildman–Crippen MR) is 83.7 cm³/mol. The van der Waals surface area contributed by atoms with Gasteiger partial charge in [-0.2, -0.15) is 0 Å². The van der Waals surface area contributed by atoms with E-state index in [1.54, 1.807) is 6.92 Å². The Morgan fingerprint density at radius 2 is 2.27 bits per heavy atom. The molecule has 0 bridgehead atoms. The van der Waals surface area contributed by atoms with Crippen molar-refractivity contribution in [3.8, 4) is 0 Å². The lowest BCUT2D eigenvalue weighted by Crippen LogP contribution is -2.47. The van der Waals surface area contributed by atoms with Crippen molar-refractivity contribution in [3.05, 3.63) is 18.0 Å². The second-order valence-corrected chi connectivity index (χ2v) is 6.13. The molecule has 1 aromatic heterocycles. The van der Waals surface area contributed by atoms with Gasteiger partial charge in [-0.25, -0.2) is 9.97 Å². The number of hydrogen-bond acceptors (Lipinski definition) is 5. The molecule has 2 heterocycles. The van der Waals surface area contributed by atoms with Crippen LogP contribution in [0.25, 0.3) is 0 Å². The molecule has 1 atom stereocenters. The minimum absolute atomic E-state index is 0.00335. The third kappa shape index (κ3) is 3.74. The summed E-state index contributed by atoms with van der Waals surface area (Å²) < 4.78 is 5.70. The molecule has 2 aliphatic rings. The average molecular weight is 304 g/mol. The zero-order chi connectivity index (χ0) is 15.4. The summed E-state index contributed by atoms with van der Waals surface area (Å²) in [7, 11) is 0. The summed E-state index contributed by atoms with van der Waals surface area (Å²) in [6, 6.07) is 2.02. The zero-order valence-corrected chi connectivity index (χ0v) is 13.1. The van der Waals surface area contributed by atoms with Crippen LogP contribution in [0.2, 0.25) is 0 Å². The number of nitrogens with one attached hydrogen (secondary N) is 1. The number of morpholine rings is 1. The number of rotatable bonds is 4. The molecule has 1 N–H and O–H groups in total. The number of nitrogens with zero attached hydrogens (tertiary/aromatic N) is 3. The molecule has 1 aliphatic carbocycles. The van der Waals surface area contributed by atoms with Gasteiger partial charge in [0.15, 0.2) is 0 Å². The summed E-state index contributed by atoms with van der Waals surface area (Å²) >= 11 is 0. The first-order valence-corrected chi connectivity index (χ1v) is 8.16. The molecule has 22 heavy (non-hydrogen) atoms. The number of hydrogen-bond donors (Lipinski definition) is 1. The summed E-state index contributed by atoms with van der Waals surface area (Å²) in [5.41, 5.74) is 1.14. The van der Waals surface area contributed by atoms with Gasteiger partial charge in [0.05, 0.1) is 12.7 Å². The summed E-state index contributed by atoms with van der Waals surface area (Å²) in [5, 5.41) is 3.25. The van der Waals surface area contributed by atoms with Gasteiger partial charge in [-0.15, -0.1) is 0 Å². The fourth-order valence-corrected chi connectivity index (χ4v) is 3.24. The van der Waals surface area contributed by atoms with Crippen molar-refractivity contribution in [2.45, 2.75) is 44.6 Å². The molecule has 0 unspecified atom stereocenters. The first-order valence-electron chi connectivity index (χ1n) is 8.16. The smallest absolute Gasteiger partial charge is 0.222 e. The molecule has 6 nitrogen and oxygen atoms in total. The molecule has 6 heteroatoms. The van der Waals surface area contributed by atoms with Gasteiger partial charge in [-0.05, 0) is 18.9 Å². The van der Waals surface area contributed by atoms with Crippen LogP contribution in [0.3, 0.4) is 0 Å². The van der Waals surface area contributed by atoms with Crippen LogP contribution < -0.4 is 5.32 Å². The van der Waals surface area contributed by atoms with E-state index in [9.17, 15) is 4.79 Å². The number of amides is 1. The van der Waals surface area contributed by atoms with Crippen molar-refractivity contribution in [1.82, 2.24) is 14.9 Å². The standard InChI is InChI=1S/C16H24N4O2/c1-12(21)20-8-9-22-14(11-20)10-18-16-17-7-6-15(19-16)13-4-2-3-5-13/h6-7,13-14H,2-5,8-11H2,1H3,(H,17,18,19)/t14-/m0/s1. The molecule has 120 valence electrons. The van der Waals surface area contributed by atoms with Crippen molar-refractivity contribution >= 4 is 11.9 Å². The maximum absolute atomic E-state index is 11.4. The van der Waals surface area contributed by atoms with E-state index in [0.717, 1.165) is 5.69 Å². The third-order valence-electron chi connectivity index (χ3n) is 4.52. The number of anilines is 1. The Balaban J connectivity index is 1.54. The molecular formula is C16H24N4O2. The topological polar surface area (TPSA) is 67.3 Å². The van der Waals surface area contributed by atoms with E-state index in [1.807, 2.05) is 17.2 Å². The highest BCUT2D eigenvalue weighted by molar-refractivity contribution is 5.73. The van der Waals surface area contributed by atoms with Crippen LogP contribution in [0.4, 0.5) is 5.95 Å². The van der Waals surface area contributed by atoms with Crippen molar-refractivity contribution in [3.63, 3.8) is 0 Å². The maximum Gasteiger partial charge on any atom is 0.222 e. The van der Waals surface area contributed by atoms with E-state index >= 15 is 0 Å². The van der Waals surface area contributed by atoms with Crippen molar-refractivity contribution in [1.29, 1.82) is 0 Å². The Labute approximate surface area is 131 Å². The lowest BCUT2D eigenvalue weighted by atomic mass is 10.0. The van der Waals surface area contributed by atoms with E-state index in [1.165, 1.54) is 25.7 Å². The number of ether oxygens (including phenoxy) is 1. The van der Waals surface area contributed by atoms with Crippen molar-refractivity contribution < 1.29 is 9.53 Å². The molecule has 2 fully saturated rings. The Kier molecular flexibility index (Phi) is 4.87. The molecule has 1 saturated carbocycles. The first kappa shape index (κ1) is 15.2. The molecule has 3 rings (SSSR count). The van der Waals surface area contributed by atoms with E-state index in [0.29, 0.717) is 38.1 Å². The van der Waals surface area contributed by atoms with Gasteiger partial charge in [0.1, 0.15) is 0 Å². The molecule has 0 spiro atoms. The summed E-state index contributed by atoms with van der Waals surface area (Å²) in [6.07, 6.45) is 6.89. The Morgan fingerprint density at radius 3 is 3.05 bits per heavy atom. The molecule has 1 aliphatic heterocycles. The monoisotopic (exact) mass is 304 g/mol. The average Bonchev–Trinajstić information content (AvgIpc) is 3.08. The SMILES string of the molecule is CC(=O)N1CCO[C@@H](CNc2nccc(C3CCCC3)n2)C1. The van der Waals surface area contributed by atoms with Crippen LogP contribution >= 0.6 is 0 Å². The molecule has 1 aromatic rings. The highest BCUT2D eigenvalue weighted by atomic mass is 16.5. The Morgan fingerprint density at radius 1 is 1.45 bits per heavy atom. The van der Waals surface area contributed by atoms with Crippen LogP contribution in [-0.4, -0.2) is 53.1 Å². The fourth-order valence-electron chi connectivity index (χ4n) is 3.24. The Bertz CT molecular complexity index is 517. The number of carbonyl (C=O) groups excluding carboxylic acids is 1. The van der Waals surface area contributed by atoms with Gasteiger partial charge >= 0.3 is 0 Å². The molecule has 0 aromatic carbocycles.